The van der Waals surface area contributed by atoms with Gasteiger partial charge in [-0.25, -0.2) is 0 Å². The molecule has 0 saturated heterocycles. The van der Waals surface area contributed by atoms with Crippen LogP contribution in [0.2, 0.25) is 0 Å². The van der Waals surface area contributed by atoms with Gasteiger partial charge in [0.15, 0.2) is 6.29 Å². The Morgan fingerprint density at radius 2 is 2.40 bits per heavy atom. The normalized spacial score (nSPS) is 17.4. The van der Waals surface area contributed by atoms with Gasteiger partial charge in [-0.05, 0) is 23.8 Å². The van der Waals surface area contributed by atoms with Crippen molar-refractivity contribution in [2.24, 2.45) is 0 Å². The molecule has 2 rings (SSSR count). The first-order chi connectivity index (χ1) is 7.26. The van der Waals surface area contributed by atoms with Crippen LogP contribution in [-0.4, -0.2) is 18.6 Å². The molecular weight excluding hydrogens is 190 g/mol. The number of carbonyl (C=O) groups is 2. The van der Waals surface area contributed by atoms with Gasteiger partial charge in [0.2, 0.25) is 5.78 Å². The van der Waals surface area contributed by atoms with E-state index in [1.54, 1.807) is 12.1 Å². The van der Waals surface area contributed by atoms with E-state index in [1.807, 2.05) is 6.07 Å². The molecule has 1 aliphatic rings. The zero-order chi connectivity index (χ0) is 10.8. The second kappa shape index (κ2) is 3.58. The zero-order valence-corrected chi connectivity index (χ0v) is 7.99. The fourth-order valence-electron chi connectivity index (χ4n) is 1.76. The van der Waals surface area contributed by atoms with E-state index >= 15 is 0 Å². The van der Waals surface area contributed by atoms with Crippen LogP contribution in [0.5, 0.6) is 0 Å². The summed E-state index contributed by atoms with van der Waals surface area (Å²) in [6.45, 7) is 0.473. The SMILES string of the molecule is C#Cc1ccc2c(c1)C(C(=O)C=O)CN2. The standard InChI is InChI=1S/C12H9NO2/c1-2-8-3-4-11-9(5-8)10(6-13-11)12(15)7-14/h1,3-5,7,10,13H,6H2. The van der Waals surface area contributed by atoms with Crippen LogP contribution in [0.1, 0.15) is 17.0 Å². The van der Waals surface area contributed by atoms with E-state index in [-0.39, 0.29) is 5.92 Å². The lowest BCUT2D eigenvalue weighted by atomic mass is 9.96. The fourth-order valence-corrected chi connectivity index (χ4v) is 1.76. The van der Waals surface area contributed by atoms with Crippen molar-refractivity contribution in [2.75, 3.05) is 11.9 Å². The average molecular weight is 199 g/mol. The van der Waals surface area contributed by atoms with E-state index in [9.17, 15) is 9.59 Å². The van der Waals surface area contributed by atoms with Gasteiger partial charge in [-0.15, -0.1) is 6.42 Å². The van der Waals surface area contributed by atoms with Crippen LogP contribution in [0.4, 0.5) is 5.69 Å². The first kappa shape index (κ1) is 9.47. The molecule has 3 nitrogen and oxygen atoms in total. The lowest BCUT2D eigenvalue weighted by Crippen LogP contribution is -2.15. The van der Waals surface area contributed by atoms with Gasteiger partial charge in [0.05, 0.1) is 5.92 Å². The molecule has 0 aliphatic carbocycles. The molecule has 0 bridgehead atoms. The predicted molar refractivity (Wildman–Crippen MR) is 56.7 cm³/mol. The molecule has 0 spiro atoms. The van der Waals surface area contributed by atoms with E-state index in [1.165, 1.54) is 0 Å². The maximum atomic E-state index is 11.3. The Hall–Kier alpha value is -2.08. The number of ketones is 1. The van der Waals surface area contributed by atoms with Gasteiger partial charge < -0.3 is 5.32 Å². The molecule has 74 valence electrons. The average Bonchev–Trinajstić information content (AvgIpc) is 2.70. The molecule has 0 saturated carbocycles. The van der Waals surface area contributed by atoms with Crippen molar-refractivity contribution in [3.05, 3.63) is 29.3 Å². The van der Waals surface area contributed by atoms with E-state index in [0.717, 1.165) is 16.8 Å². The van der Waals surface area contributed by atoms with Crippen molar-refractivity contribution in [3.8, 4) is 12.3 Å². The van der Waals surface area contributed by atoms with Crippen LogP contribution < -0.4 is 5.32 Å². The van der Waals surface area contributed by atoms with Crippen LogP contribution in [0, 0.1) is 12.3 Å². The number of Topliss-reactive ketones (excluding diaryl/α,β-unsaturated/α-hetero) is 1. The summed E-state index contributed by atoms with van der Waals surface area (Å²) in [5.41, 5.74) is 2.43. The minimum Gasteiger partial charge on any atom is -0.384 e. The zero-order valence-electron chi connectivity index (χ0n) is 7.99. The third-order valence-electron chi connectivity index (χ3n) is 2.55. The minimum atomic E-state index is -0.407. The number of nitrogens with one attached hydrogen (secondary N) is 1. The number of benzene rings is 1. The summed E-state index contributed by atoms with van der Waals surface area (Å²) in [4.78, 5) is 21.8. The van der Waals surface area contributed by atoms with Crippen molar-refractivity contribution in [1.29, 1.82) is 0 Å². The van der Waals surface area contributed by atoms with E-state index in [0.29, 0.717) is 12.8 Å². The van der Waals surface area contributed by atoms with Gasteiger partial charge in [0, 0.05) is 17.8 Å². The highest BCUT2D eigenvalue weighted by Crippen LogP contribution is 2.32. The third kappa shape index (κ3) is 1.50. The summed E-state index contributed by atoms with van der Waals surface area (Å²) < 4.78 is 0. The van der Waals surface area contributed by atoms with E-state index in [2.05, 4.69) is 11.2 Å². The van der Waals surface area contributed by atoms with Crippen LogP contribution in [0.25, 0.3) is 0 Å². The summed E-state index contributed by atoms with van der Waals surface area (Å²) >= 11 is 0. The maximum Gasteiger partial charge on any atom is 0.204 e. The second-order valence-corrected chi connectivity index (χ2v) is 3.40. The molecule has 1 unspecified atom stereocenters. The fraction of sp³-hybridized carbons (Fsp3) is 0.167. The summed E-state index contributed by atoms with van der Waals surface area (Å²) in [7, 11) is 0. The first-order valence-corrected chi connectivity index (χ1v) is 4.59. The van der Waals surface area contributed by atoms with Gasteiger partial charge in [0.25, 0.3) is 0 Å². The number of fused-ring (bicyclic) bond motifs is 1. The van der Waals surface area contributed by atoms with Gasteiger partial charge in [-0.2, -0.15) is 0 Å². The van der Waals surface area contributed by atoms with Crippen molar-refractivity contribution >= 4 is 17.8 Å². The molecule has 1 heterocycles. The summed E-state index contributed by atoms with van der Waals surface area (Å²) in [5.74, 6) is 1.72. The Labute approximate surface area is 87.5 Å². The number of rotatable bonds is 2. The van der Waals surface area contributed by atoms with Gasteiger partial charge >= 0.3 is 0 Å². The molecule has 1 aromatic carbocycles. The highest BCUT2D eigenvalue weighted by molar-refractivity contribution is 6.28. The summed E-state index contributed by atoms with van der Waals surface area (Å²) in [6, 6.07) is 5.42. The lowest BCUT2D eigenvalue weighted by Gasteiger charge is -2.04. The van der Waals surface area contributed by atoms with Gasteiger partial charge in [-0.3, -0.25) is 9.59 Å². The van der Waals surface area contributed by atoms with Gasteiger partial charge in [-0.1, -0.05) is 5.92 Å². The Morgan fingerprint density at radius 3 is 3.07 bits per heavy atom. The summed E-state index contributed by atoms with van der Waals surface area (Å²) in [6.07, 6.45) is 5.64. The van der Waals surface area contributed by atoms with Crippen molar-refractivity contribution in [2.45, 2.75) is 5.92 Å². The molecule has 1 aromatic rings. The quantitative estimate of drug-likeness (QED) is 0.438. The molecule has 0 radical (unpaired) electrons. The number of anilines is 1. The van der Waals surface area contributed by atoms with E-state index < -0.39 is 5.78 Å². The van der Waals surface area contributed by atoms with Crippen molar-refractivity contribution in [3.63, 3.8) is 0 Å². The number of terminal acetylenes is 1. The van der Waals surface area contributed by atoms with Crippen LogP contribution >= 0.6 is 0 Å². The monoisotopic (exact) mass is 199 g/mol. The molecular formula is C12H9NO2. The molecule has 1 atom stereocenters. The largest absolute Gasteiger partial charge is 0.384 e. The summed E-state index contributed by atoms with van der Waals surface area (Å²) in [5, 5.41) is 3.07. The van der Waals surface area contributed by atoms with Gasteiger partial charge in [0.1, 0.15) is 0 Å². The van der Waals surface area contributed by atoms with E-state index in [4.69, 9.17) is 6.42 Å². The molecule has 3 heteroatoms. The molecule has 0 fully saturated rings. The highest BCUT2D eigenvalue weighted by atomic mass is 16.2. The van der Waals surface area contributed by atoms with Crippen LogP contribution in [0.15, 0.2) is 18.2 Å². The first-order valence-electron chi connectivity index (χ1n) is 4.59. The minimum absolute atomic E-state index is 0.365. The Morgan fingerprint density at radius 1 is 1.60 bits per heavy atom. The van der Waals surface area contributed by atoms with Crippen molar-refractivity contribution < 1.29 is 9.59 Å². The Kier molecular flexibility index (Phi) is 2.26. The molecule has 0 aromatic heterocycles. The second-order valence-electron chi connectivity index (χ2n) is 3.40. The third-order valence-corrected chi connectivity index (χ3v) is 2.55. The van der Waals surface area contributed by atoms with Crippen LogP contribution in [0.3, 0.4) is 0 Å². The number of hydrogen-bond donors (Lipinski definition) is 1. The van der Waals surface area contributed by atoms with Crippen molar-refractivity contribution in [1.82, 2.24) is 0 Å². The molecule has 1 aliphatic heterocycles. The predicted octanol–water partition coefficient (Wildman–Crippen LogP) is 0.945. The van der Waals surface area contributed by atoms with Crippen LogP contribution in [-0.2, 0) is 9.59 Å². The molecule has 15 heavy (non-hydrogen) atoms. The molecule has 1 N–H and O–H groups in total. The Balaban J connectivity index is 2.45. The highest BCUT2D eigenvalue weighted by Gasteiger charge is 2.27. The number of hydrogen-bond acceptors (Lipinski definition) is 3. The maximum absolute atomic E-state index is 11.3. The smallest absolute Gasteiger partial charge is 0.204 e. The lowest BCUT2D eigenvalue weighted by molar-refractivity contribution is -0.130. The molecule has 0 amide bonds. The number of aldehydes is 1. The Bertz CT molecular complexity index is 471. The topological polar surface area (TPSA) is 46.2 Å². The number of carbonyl (C=O) groups excluding carboxylic acids is 2.